The minimum atomic E-state index is -0.580. The molecule has 0 spiro atoms. The largest absolute Gasteiger partial charge is 0.496 e. The fourth-order valence-corrected chi connectivity index (χ4v) is 2.15. The number of nitrogen functional groups attached to an aromatic ring is 1. The molecular formula is C13H14N4O3. The van der Waals surface area contributed by atoms with E-state index in [-0.39, 0.29) is 17.2 Å². The lowest BCUT2D eigenvalue weighted by Gasteiger charge is -2.12. The Morgan fingerprint density at radius 1 is 1.30 bits per heavy atom. The van der Waals surface area contributed by atoms with Gasteiger partial charge in [-0.1, -0.05) is 6.07 Å². The van der Waals surface area contributed by atoms with E-state index < -0.39 is 4.92 Å². The van der Waals surface area contributed by atoms with Crippen LogP contribution in [0.15, 0.2) is 18.5 Å². The van der Waals surface area contributed by atoms with E-state index in [1.165, 1.54) is 13.4 Å². The van der Waals surface area contributed by atoms with Gasteiger partial charge in [0.1, 0.15) is 12.1 Å². The average Bonchev–Trinajstić information content (AvgIpc) is 2.36. The first-order chi connectivity index (χ1) is 9.45. The van der Waals surface area contributed by atoms with Crippen LogP contribution in [0.3, 0.4) is 0 Å². The Labute approximate surface area is 115 Å². The summed E-state index contributed by atoms with van der Waals surface area (Å²) < 4.78 is 5.31. The van der Waals surface area contributed by atoms with Gasteiger partial charge in [-0.2, -0.15) is 0 Å². The van der Waals surface area contributed by atoms with Crippen molar-refractivity contribution in [2.24, 2.45) is 0 Å². The summed E-state index contributed by atoms with van der Waals surface area (Å²) in [5.74, 6) is 0.353. The predicted octanol–water partition coefficient (Wildman–Crippen LogP) is 2.26. The number of hydrogen-bond donors (Lipinski definition) is 1. The summed E-state index contributed by atoms with van der Waals surface area (Å²) in [5.41, 5.74) is 7.82. The number of methoxy groups -OCH3 is 1. The Balaban J connectivity index is 2.82. The lowest BCUT2D eigenvalue weighted by atomic mass is 10.0. The van der Waals surface area contributed by atoms with Crippen molar-refractivity contribution >= 4 is 11.5 Å². The zero-order valence-corrected chi connectivity index (χ0v) is 11.4. The minimum Gasteiger partial charge on any atom is -0.496 e. The maximum Gasteiger partial charge on any atom is 0.337 e. The molecule has 1 aromatic heterocycles. The molecule has 2 aromatic rings. The molecule has 0 fully saturated rings. The Morgan fingerprint density at radius 3 is 2.60 bits per heavy atom. The van der Waals surface area contributed by atoms with Crippen LogP contribution >= 0.6 is 0 Å². The van der Waals surface area contributed by atoms with Crippen LogP contribution in [0.1, 0.15) is 11.1 Å². The number of benzene rings is 1. The lowest BCUT2D eigenvalue weighted by Crippen LogP contribution is -2.04. The number of aryl methyl sites for hydroxylation is 2. The van der Waals surface area contributed by atoms with Gasteiger partial charge in [-0.15, -0.1) is 0 Å². The van der Waals surface area contributed by atoms with Gasteiger partial charge < -0.3 is 10.5 Å². The molecule has 20 heavy (non-hydrogen) atoms. The average molecular weight is 274 g/mol. The van der Waals surface area contributed by atoms with Crippen molar-refractivity contribution in [2.75, 3.05) is 12.8 Å². The summed E-state index contributed by atoms with van der Waals surface area (Å²) in [6.07, 6.45) is 1.20. The molecule has 0 radical (unpaired) electrons. The molecule has 2 rings (SSSR count). The Bertz CT molecular complexity index is 686. The summed E-state index contributed by atoms with van der Waals surface area (Å²) in [6.45, 7) is 3.76. The lowest BCUT2D eigenvalue weighted by molar-refractivity contribution is -0.383. The number of ether oxygens (including phenoxy) is 1. The van der Waals surface area contributed by atoms with Crippen LogP contribution in [0, 0.1) is 24.0 Å². The minimum absolute atomic E-state index is 0.164. The Kier molecular flexibility index (Phi) is 3.51. The van der Waals surface area contributed by atoms with E-state index >= 15 is 0 Å². The molecule has 0 atom stereocenters. The van der Waals surface area contributed by atoms with Crippen LogP contribution < -0.4 is 10.5 Å². The quantitative estimate of drug-likeness (QED) is 0.680. The number of anilines is 1. The highest BCUT2D eigenvalue weighted by Gasteiger charge is 2.25. The van der Waals surface area contributed by atoms with E-state index in [0.717, 1.165) is 11.1 Å². The zero-order chi connectivity index (χ0) is 14.9. The summed E-state index contributed by atoms with van der Waals surface area (Å²) >= 11 is 0. The molecule has 0 aliphatic carbocycles. The monoisotopic (exact) mass is 274 g/mol. The molecule has 104 valence electrons. The first-order valence-electron chi connectivity index (χ1n) is 5.86. The van der Waals surface area contributed by atoms with Gasteiger partial charge in [-0.25, -0.2) is 9.97 Å². The number of nitro groups is 1. The second kappa shape index (κ2) is 5.12. The maximum atomic E-state index is 11.2. The highest BCUT2D eigenvalue weighted by atomic mass is 16.6. The molecule has 2 N–H and O–H groups in total. The zero-order valence-electron chi connectivity index (χ0n) is 11.4. The number of nitrogens with zero attached hydrogens (tertiary/aromatic N) is 3. The number of hydrogen-bond acceptors (Lipinski definition) is 6. The Morgan fingerprint density at radius 2 is 2.00 bits per heavy atom. The van der Waals surface area contributed by atoms with Gasteiger partial charge in [0.15, 0.2) is 5.69 Å². The van der Waals surface area contributed by atoms with E-state index in [1.54, 1.807) is 6.07 Å². The van der Waals surface area contributed by atoms with Gasteiger partial charge in [-0.05, 0) is 31.0 Å². The predicted molar refractivity (Wildman–Crippen MR) is 74.6 cm³/mol. The molecule has 7 nitrogen and oxygen atoms in total. The first kappa shape index (κ1) is 13.7. The molecule has 0 bridgehead atoms. The third-order valence-corrected chi connectivity index (χ3v) is 2.93. The second-order valence-electron chi connectivity index (χ2n) is 4.37. The molecule has 0 unspecified atom stereocenters. The highest BCUT2D eigenvalue weighted by molar-refractivity contribution is 5.81. The smallest absolute Gasteiger partial charge is 0.337 e. The number of aromatic nitrogens is 2. The number of rotatable bonds is 3. The summed E-state index contributed by atoms with van der Waals surface area (Å²) in [4.78, 5) is 18.3. The molecule has 0 aliphatic heterocycles. The molecule has 0 amide bonds. The summed E-state index contributed by atoms with van der Waals surface area (Å²) in [5, 5.41) is 11.2. The maximum absolute atomic E-state index is 11.2. The van der Waals surface area contributed by atoms with Crippen molar-refractivity contribution in [1.82, 2.24) is 9.97 Å². The van der Waals surface area contributed by atoms with E-state index in [9.17, 15) is 10.1 Å². The second-order valence-corrected chi connectivity index (χ2v) is 4.37. The van der Waals surface area contributed by atoms with E-state index in [0.29, 0.717) is 11.3 Å². The molecule has 1 aromatic carbocycles. The van der Waals surface area contributed by atoms with Crippen molar-refractivity contribution in [1.29, 1.82) is 0 Å². The number of nitrogens with two attached hydrogens (primary N) is 1. The van der Waals surface area contributed by atoms with Crippen molar-refractivity contribution in [2.45, 2.75) is 13.8 Å². The van der Waals surface area contributed by atoms with Gasteiger partial charge >= 0.3 is 5.69 Å². The van der Waals surface area contributed by atoms with Crippen molar-refractivity contribution in [3.05, 3.63) is 39.7 Å². The Hall–Kier alpha value is -2.70. The summed E-state index contributed by atoms with van der Waals surface area (Å²) in [7, 11) is 1.51. The van der Waals surface area contributed by atoms with Crippen LogP contribution in [0.5, 0.6) is 5.75 Å². The topological polar surface area (TPSA) is 104 Å². The third-order valence-electron chi connectivity index (χ3n) is 2.93. The molecule has 1 heterocycles. The van der Waals surface area contributed by atoms with Gasteiger partial charge in [0.25, 0.3) is 0 Å². The fourth-order valence-electron chi connectivity index (χ4n) is 2.15. The van der Waals surface area contributed by atoms with E-state index in [1.807, 2.05) is 19.9 Å². The third kappa shape index (κ3) is 2.25. The van der Waals surface area contributed by atoms with Gasteiger partial charge in [0.2, 0.25) is 5.82 Å². The highest BCUT2D eigenvalue weighted by Crippen LogP contribution is 2.39. The van der Waals surface area contributed by atoms with Crippen molar-refractivity contribution < 1.29 is 9.66 Å². The standard InChI is InChI=1S/C13H14N4O3/c1-7-4-8(2)10(9(5-7)20-3)11-12(17(18)19)13(14)16-6-15-11/h4-6H,1-3H3,(H2,14,15,16). The van der Waals surface area contributed by atoms with Gasteiger partial charge in [0.05, 0.1) is 17.6 Å². The molecular weight excluding hydrogens is 260 g/mol. The summed E-state index contributed by atoms with van der Waals surface area (Å²) in [6, 6.07) is 3.70. The fraction of sp³-hybridized carbons (Fsp3) is 0.231. The van der Waals surface area contributed by atoms with E-state index in [2.05, 4.69) is 9.97 Å². The van der Waals surface area contributed by atoms with Gasteiger partial charge in [0, 0.05) is 0 Å². The van der Waals surface area contributed by atoms with Crippen molar-refractivity contribution in [3.63, 3.8) is 0 Å². The molecule has 7 heteroatoms. The van der Waals surface area contributed by atoms with Crippen LogP contribution in [0.2, 0.25) is 0 Å². The molecule has 0 saturated carbocycles. The van der Waals surface area contributed by atoms with Gasteiger partial charge in [-0.3, -0.25) is 10.1 Å². The van der Waals surface area contributed by atoms with Crippen LogP contribution in [-0.2, 0) is 0 Å². The van der Waals surface area contributed by atoms with Crippen LogP contribution in [-0.4, -0.2) is 22.0 Å². The van der Waals surface area contributed by atoms with Crippen LogP contribution in [0.4, 0.5) is 11.5 Å². The SMILES string of the molecule is COc1cc(C)cc(C)c1-c1ncnc(N)c1[N+](=O)[O-]. The van der Waals surface area contributed by atoms with Crippen LogP contribution in [0.25, 0.3) is 11.3 Å². The normalized spacial score (nSPS) is 10.3. The molecule has 0 aliphatic rings. The van der Waals surface area contributed by atoms with E-state index in [4.69, 9.17) is 10.5 Å². The molecule has 0 saturated heterocycles. The van der Waals surface area contributed by atoms with Crippen molar-refractivity contribution in [3.8, 4) is 17.0 Å². The first-order valence-corrected chi connectivity index (χ1v) is 5.86.